The third-order valence-corrected chi connectivity index (χ3v) is 2.66. The lowest BCUT2D eigenvalue weighted by atomic mass is 10.2. The maximum absolute atomic E-state index is 11.0. The Bertz CT molecular complexity index is 383. The minimum absolute atomic E-state index is 0.0356. The molecule has 0 heterocycles. The van der Waals surface area contributed by atoms with Crippen molar-refractivity contribution >= 4 is 21.5 Å². The Morgan fingerprint density at radius 2 is 1.77 bits per heavy atom. The average molecular weight is 199 g/mol. The zero-order valence-corrected chi connectivity index (χ0v) is 7.91. The number of sulfonamides is 1. The molecule has 1 aliphatic rings. The fraction of sp³-hybridized carbons (Fsp3) is 0.250. The van der Waals surface area contributed by atoms with Crippen LogP contribution in [0.4, 0.5) is 0 Å². The van der Waals surface area contributed by atoms with Crippen LogP contribution in [-0.4, -0.2) is 25.7 Å². The highest BCUT2D eigenvalue weighted by Gasteiger charge is 2.06. The summed E-state index contributed by atoms with van der Waals surface area (Å²) in [5.74, 6) is -0.195. The van der Waals surface area contributed by atoms with Crippen molar-refractivity contribution in [1.29, 1.82) is 0 Å². The molecule has 5 heteroatoms. The number of carbonyl (C=O) groups is 1. The van der Waals surface area contributed by atoms with E-state index in [1.54, 1.807) is 0 Å². The Morgan fingerprint density at radius 1 is 1.23 bits per heavy atom. The van der Waals surface area contributed by atoms with Crippen LogP contribution in [0.5, 0.6) is 0 Å². The van der Waals surface area contributed by atoms with Gasteiger partial charge in [0.05, 0.1) is 11.5 Å². The second-order valence-electron chi connectivity index (χ2n) is 2.46. The summed E-state index contributed by atoms with van der Waals surface area (Å²) < 4.78 is 25.5. The van der Waals surface area contributed by atoms with E-state index < -0.39 is 10.0 Å². The number of nitrogens with zero attached hydrogens (tertiary/aromatic N) is 1. The predicted octanol–water partition coefficient (Wildman–Crippen LogP) is 0.472. The molecule has 0 aromatic heterocycles. The normalized spacial score (nSPS) is 16.4. The van der Waals surface area contributed by atoms with Crippen molar-refractivity contribution in [2.24, 2.45) is 4.40 Å². The fourth-order valence-electron chi connectivity index (χ4n) is 0.732. The summed E-state index contributed by atoms with van der Waals surface area (Å²) in [4.78, 5) is 10.7. The van der Waals surface area contributed by atoms with Crippen LogP contribution >= 0.6 is 0 Å². The fourth-order valence-corrected chi connectivity index (χ4v) is 1.30. The maximum atomic E-state index is 11.0. The molecule has 0 unspecified atom stereocenters. The molecule has 0 N–H and O–H groups in total. The summed E-state index contributed by atoms with van der Waals surface area (Å²) in [5, 5.41) is 0. The van der Waals surface area contributed by atoms with E-state index >= 15 is 0 Å². The van der Waals surface area contributed by atoms with E-state index in [-0.39, 0.29) is 11.5 Å². The number of hydrogen-bond donors (Lipinski definition) is 0. The Kier molecular flexibility index (Phi) is 2.77. The summed E-state index contributed by atoms with van der Waals surface area (Å²) >= 11 is 0. The highest BCUT2D eigenvalue weighted by molar-refractivity contribution is 7.90. The van der Waals surface area contributed by atoms with E-state index in [0.29, 0.717) is 5.71 Å². The number of carbonyl (C=O) groups excluding carboxylic acids is 1. The predicted molar refractivity (Wildman–Crippen MR) is 50.2 cm³/mol. The van der Waals surface area contributed by atoms with Gasteiger partial charge in [-0.25, -0.2) is 8.42 Å². The van der Waals surface area contributed by atoms with E-state index in [1.165, 1.54) is 31.2 Å². The molecule has 0 aliphatic heterocycles. The first-order valence-electron chi connectivity index (χ1n) is 3.76. The Hall–Kier alpha value is -1.23. The van der Waals surface area contributed by atoms with Crippen molar-refractivity contribution in [2.75, 3.05) is 5.75 Å². The zero-order valence-electron chi connectivity index (χ0n) is 7.10. The molecule has 0 aromatic rings. The first kappa shape index (κ1) is 9.85. The first-order chi connectivity index (χ1) is 6.03. The van der Waals surface area contributed by atoms with Crippen molar-refractivity contribution in [2.45, 2.75) is 6.92 Å². The third-order valence-electron chi connectivity index (χ3n) is 1.45. The van der Waals surface area contributed by atoms with Crippen LogP contribution in [0.1, 0.15) is 6.92 Å². The molecule has 0 spiro atoms. The molecule has 4 nitrogen and oxygen atoms in total. The minimum atomic E-state index is -3.36. The van der Waals surface area contributed by atoms with E-state index in [0.717, 1.165) is 0 Å². The van der Waals surface area contributed by atoms with Gasteiger partial charge < -0.3 is 0 Å². The molecule has 0 bridgehead atoms. The van der Waals surface area contributed by atoms with Crippen molar-refractivity contribution < 1.29 is 13.2 Å². The van der Waals surface area contributed by atoms with Gasteiger partial charge in [-0.05, 0) is 31.2 Å². The van der Waals surface area contributed by atoms with Crippen molar-refractivity contribution in [3.8, 4) is 0 Å². The summed E-state index contributed by atoms with van der Waals surface area (Å²) in [7, 11) is -3.36. The molecule has 1 rings (SSSR count). The van der Waals surface area contributed by atoms with Gasteiger partial charge in [0.1, 0.15) is 0 Å². The van der Waals surface area contributed by atoms with Crippen LogP contribution < -0.4 is 0 Å². The smallest absolute Gasteiger partial charge is 0.253 e. The van der Waals surface area contributed by atoms with Gasteiger partial charge in [0, 0.05) is 0 Å². The van der Waals surface area contributed by atoms with Crippen LogP contribution in [-0.2, 0) is 14.8 Å². The topological polar surface area (TPSA) is 63.6 Å². The molecule has 0 aromatic carbocycles. The van der Waals surface area contributed by atoms with Crippen LogP contribution in [0.15, 0.2) is 28.7 Å². The maximum Gasteiger partial charge on any atom is 0.253 e. The lowest BCUT2D eigenvalue weighted by molar-refractivity contribution is -0.110. The SMILES string of the molecule is CCS(=O)(=O)N=C1C=CC(=O)C=C1. The molecule has 0 atom stereocenters. The summed E-state index contributed by atoms with van der Waals surface area (Å²) in [6.07, 6.45) is 5.33. The molecule has 0 radical (unpaired) electrons. The highest BCUT2D eigenvalue weighted by atomic mass is 32.2. The first-order valence-corrected chi connectivity index (χ1v) is 5.37. The summed E-state index contributed by atoms with van der Waals surface area (Å²) in [6, 6.07) is 0. The lowest BCUT2D eigenvalue weighted by Crippen LogP contribution is -2.05. The second-order valence-corrected chi connectivity index (χ2v) is 4.38. The van der Waals surface area contributed by atoms with Crippen molar-refractivity contribution in [3.05, 3.63) is 24.3 Å². The van der Waals surface area contributed by atoms with Crippen LogP contribution in [0.25, 0.3) is 0 Å². The van der Waals surface area contributed by atoms with Crippen LogP contribution in [0, 0.1) is 0 Å². The van der Waals surface area contributed by atoms with E-state index in [4.69, 9.17) is 0 Å². The third kappa shape index (κ3) is 2.95. The number of hydrogen-bond acceptors (Lipinski definition) is 3. The molecule has 0 fully saturated rings. The van der Waals surface area contributed by atoms with Gasteiger partial charge in [-0.3, -0.25) is 4.79 Å². The van der Waals surface area contributed by atoms with Crippen molar-refractivity contribution in [3.63, 3.8) is 0 Å². The number of rotatable bonds is 2. The molecule has 13 heavy (non-hydrogen) atoms. The molecule has 0 amide bonds. The average Bonchev–Trinajstić information content (AvgIpc) is 2.09. The molecule has 1 aliphatic carbocycles. The van der Waals surface area contributed by atoms with Gasteiger partial charge in [0.15, 0.2) is 5.78 Å². The Morgan fingerprint density at radius 3 is 2.23 bits per heavy atom. The molecular weight excluding hydrogens is 190 g/mol. The largest absolute Gasteiger partial charge is 0.290 e. The molecule has 0 saturated carbocycles. The Balaban J connectivity index is 2.93. The Labute approximate surface area is 76.7 Å². The second kappa shape index (κ2) is 3.66. The quantitative estimate of drug-likeness (QED) is 0.607. The zero-order chi connectivity index (χ0) is 9.90. The number of ketones is 1. The molecule has 70 valence electrons. The highest BCUT2D eigenvalue weighted by Crippen LogP contribution is 2.00. The van der Waals surface area contributed by atoms with Gasteiger partial charge in [-0.2, -0.15) is 4.40 Å². The standard InChI is InChI=1S/C8H9NO3S/c1-2-13(11,12)9-7-3-5-8(10)6-4-7/h3-6H,2H2,1H3. The van der Waals surface area contributed by atoms with E-state index in [1.807, 2.05) is 0 Å². The lowest BCUT2D eigenvalue weighted by Gasteiger charge is -1.98. The summed E-state index contributed by atoms with van der Waals surface area (Å²) in [5.41, 5.74) is 0.293. The van der Waals surface area contributed by atoms with Crippen molar-refractivity contribution in [1.82, 2.24) is 0 Å². The van der Waals surface area contributed by atoms with E-state index in [9.17, 15) is 13.2 Å². The monoisotopic (exact) mass is 199 g/mol. The van der Waals surface area contributed by atoms with Crippen LogP contribution in [0.2, 0.25) is 0 Å². The molecular formula is C8H9NO3S. The van der Waals surface area contributed by atoms with Gasteiger partial charge in [0.2, 0.25) is 0 Å². The van der Waals surface area contributed by atoms with Gasteiger partial charge in [-0.15, -0.1) is 0 Å². The van der Waals surface area contributed by atoms with Gasteiger partial charge in [0.25, 0.3) is 10.0 Å². The summed E-state index contributed by atoms with van der Waals surface area (Å²) in [6.45, 7) is 1.51. The minimum Gasteiger partial charge on any atom is -0.290 e. The van der Waals surface area contributed by atoms with Gasteiger partial charge >= 0.3 is 0 Å². The molecule has 0 saturated heterocycles. The number of allylic oxidation sites excluding steroid dienone is 4. The van der Waals surface area contributed by atoms with Gasteiger partial charge in [-0.1, -0.05) is 0 Å². The van der Waals surface area contributed by atoms with Crippen LogP contribution in [0.3, 0.4) is 0 Å². The van der Waals surface area contributed by atoms with E-state index in [2.05, 4.69) is 4.40 Å².